The van der Waals surface area contributed by atoms with Gasteiger partial charge in [-0.2, -0.15) is 0 Å². The van der Waals surface area contributed by atoms with Gasteiger partial charge in [-0.05, 0) is 12.1 Å². The number of nitrogens with zero attached hydrogens (tertiary/aromatic N) is 1. The molecule has 0 aromatic heterocycles. The lowest BCUT2D eigenvalue weighted by Crippen LogP contribution is -2.23. The third kappa shape index (κ3) is 3.14. The number of methoxy groups -OCH3 is 2. The number of esters is 1. The van der Waals surface area contributed by atoms with E-state index >= 15 is 0 Å². The van der Waals surface area contributed by atoms with E-state index in [4.69, 9.17) is 16.0 Å². The first-order chi connectivity index (χ1) is 8.43. The molecule has 0 unspecified atom stereocenters. The molecule has 0 amide bonds. The number of hydrogen-bond acceptors (Lipinski definition) is 4. The Morgan fingerprint density at radius 1 is 1.33 bits per heavy atom. The fourth-order valence-corrected chi connectivity index (χ4v) is 1.32. The maximum atomic E-state index is 11.5. The van der Waals surface area contributed by atoms with Crippen LogP contribution in [0.15, 0.2) is 18.2 Å². The van der Waals surface area contributed by atoms with Crippen LogP contribution in [0.2, 0.25) is 0 Å². The standard InChI is InChI=1S/C13H15NO4/c1-13(2,14-3)18-9-6-7-10(12(15)17-5)11(8-9)16-4/h6-8H,1-2,4-5H3. The van der Waals surface area contributed by atoms with Crippen molar-refractivity contribution in [3.05, 3.63) is 35.2 Å². The largest absolute Gasteiger partial charge is 0.496 e. The Balaban J connectivity index is 3.07. The second kappa shape index (κ2) is 5.41. The van der Waals surface area contributed by atoms with Crippen LogP contribution in [0.5, 0.6) is 11.5 Å². The van der Waals surface area contributed by atoms with E-state index < -0.39 is 11.7 Å². The molecule has 0 radical (unpaired) electrons. The molecule has 0 heterocycles. The Bertz CT molecular complexity index is 488. The molecule has 18 heavy (non-hydrogen) atoms. The SMILES string of the molecule is [C-]#[N+]C(C)(C)Oc1ccc(C(=O)OC)c(OC)c1. The fourth-order valence-electron chi connectivity index (χ4n) is 1.32. The minimum atomic E-state index is -0.961. The summed E-state index contributed by atoms with van der Waals surface area (Å²) in [6.45, 7) is 10.3. The quantitative estimate of drug-likeness (QED) is 0.607. The molecule has 1 rings (SSSR count). The van der Waals surface area contributed by atoms with Gasteiger partial charge in [0.25, 0.3) is 0 Å². The Morgan fingerprint density at radius 2 is 2.00 bits per heavy atom. The molecule has 0 fully saturated rings. The summed E-state index contributed by atoms with van der Waals surface area (Å²) >= 11 is 0. The van der Waals surface area contributed by atoms with Crippen LogP contribution in [0.1, 0.15) is 24.2 Å². The van der Waals surface area contributed by atoms with Crippen molar-refractivity contribution >= 4 is 5.97 Å². The highest BCUT2D eigenvalue weighted by Crippen LogP contribution is 2.28. The molecular weight excluding hydrogens is 234 g/mol. The van der Waals surface area contributed by atoms with E-state index in [1.807, 2.05) is 0 Å². The topological polar surface area (TPSA) is 49.1 Å². The summed E-state index contributed by atoms with van der Waals surface area (Å²) in [6, 6.07) is 4.70. The van der Waals surface area contributed by atoms with Gasteiger partial charge in [-0.25, -0.2) is 11.4 Å². The van der Waals surface area contributed by atoms with Crippen LogP contribution in [0.25, 0.3) is 4.85 Å². The monoisotopic (exact) mass is 249 g/mol. The van der Waals surface area contributed by atoms with Crippen molar-refractivity contribution < 1.29 is 19.0 Å². The maximum Gasteiger partial charge on any atom is 0.369 e. The molecule has 0 aliphatic rings. The Kier molecular flexibility index (Phi) is 4.16. The molecule has 0 aliphatic carbocycles. The molecular formula is C13H15NO4. The summed E-state index contributed by atoms with van der Waals surface area (Å²) in [6.07, 6.45) is 0. The first-order valence-corrected chi connectivity index (χ1v) is 5.27. The molecule has 1 aromatic rings. The third-order valence-corrected chi connectivity index (χ3v) is 2.22. The van der Waals surface area contributed by atoms with Gasteiger partial charge in [-0.1, -0.05) is 0 Å². The van der Waals surface area contributed by atoms with E-state index in [1.54, 1.807) is 32.0 Å². The Hall–Kier alpha value is -2.22. The van der Waals surface area contributed by atoms with Crippen molar-refractivity contribution in [3.8, 4) is 11.5 Å². The van der Waals surface area contributed by atoms with E-state index in [0.717, 1.165) is 0 Å². The Morgan fingerprint density at radius 3 is 2.50 bits per heavy atom. The average molecular weight is 249 g/mol. The summed E-state index contributed by atoms with van der Waals surface area (Å²) in [7, 11) is 2.75. The zero-order chi connectivity index (χ0) is 13.8. The van der Waals surface area contributed by atoms with Gasteiger partial charge in [0, 0.05) is 6.07 Å². The number of hydrogen-bond donors (Lipinski definition) is 0. The molecule has 96 valence electrons. The molecule has 0 saturated carbocycles. The predicted molar refractivity (Wildman–Crippen MR) is 65.6 cm³/mol. The smallest absolute Gasteiger partial charge is 0.369 e. The highest BCUT2D eigenvalue weighted by Gasteiger charge is 2.25. The average Bonchev–Trinajstić information content (AvgIpc) is 2.37. The second-order valence-electron chi connectivity index (χ2n) is 4.01. The first-order valence-electron chi connectivity index (χ1n) is 5.27. The van der Waals surface area contributed by atoms with Gasteiger partial charge in [-0.15, -0.1) is 0 Å². The van der Waals surface area contributed by atoms with E-state index in [-0.39, 0.29) is 0 Å². The van der Waals surface area contributed by atoms with Gasteiger partial charge in [0.2, 0.25) is 0 Å². The molecule has 0 saturated heterocycles. The summed E-state index contributed by atoms with van der Waals surface area (Å²) in [5, 5.41) is 0. The minimum Gasteiger partial charge on any atom is -0.496 e. The third-order valence-electron chi connectivity index (χ3n) is 2.22. The molecule has 5 heteroatoms. The summed E-state index contributed by atoms with van der Waals surface area (Å²) < 4.78 is 15.2. The highest BCUT2D eigenvalue weighted by atomic mass is 16.5. The van der Waals surface area contributed by atoms with Crippen LogP contribution in [0.4, 0.5) is 0 Å². The summed E-state index contributed by atoms with van der Waals surface area (Å²) in [5.41, 5.74) is -0.648. The summed E-state index contributed by atoms with van der Waals surface area (Å²) in [5.74, 6) is 0.323. The molecule has 1 aromatic carbocycles. The maximum absolute atomic E-state index is 11.5. The van der Waals surface area contributed by atoms with E-state index in [1.165, 1.54) is 14.2 Å². The Labute approximate surface area is 106 Å². The van der Waals surface area contributed by atoms with E-state index in [2.05, 4.69) is 9.58 Å². The van der Waals surface area contributed by atoms with Crippen LogP contribution in [0.3, 0.4) is 0 Å². The number of ether oxygens (including phenoxy) is 3. The van der Waals surface area contributed by atoms with Crippen LogP contribution < -0.4 is 9.47 Å². The number of carbonyl (C=O) groups is 1. The summed E-state index contributed by atoms with van der Waals surface area (Å²) in [4.78, 5) is 14.8. The number of rotatable bonds is 4. The van der Waals surface area contributed by atoms with Crippen LogP contribution in [0, 0.1) is 6.57 Å². The number of benzene rings is 1. The normalized spacial score (nSPS) is 10.4. The van der Waals surface area contributed by atoms with Crippen LogP contribution in [-0.2, 0) is 4.74 Å². The van der Waals surface area contributed by atoms with Crippen molar-refractivity contribution in [3.63, 3.8) is 0 Å². The van der Waals surface area contributed by atoms with Crippen molar-refractivity contribution in [2.24, 2.45) is 0 Å². The van der Waals surface area contributed by atoms with Gasteiger partial charge < -0.3 is 14.2 Å². The van der Waals surface area contributed by atoms with Crippen molar-refractivity contribution in [1.82, 2.24) is 0 Å². The number of carbonyl (C=O) groups excluding carboxylic acids is 1. The van der Waals surface area contributed by atoms with E-state index in [9.17, 15) is 4.79 Å². The lowest BCUT2D eigenvalue weighted by molar-refractivity contribution is 0.0597. The zero-order valence-corrected chi connectivity index (χ0v) is 10.8. The molecule has 0 aliphatic heterocycles. The predicted octanol–water partition coefficient (Wildman–Crippen LogP) is 2.52. The molecule has 0 N–H and O–H groups in total. The van der Waals surface area contributed by atoms with Crippen LogP contribution >= 0.6 is 0 Å². The lowest BCUT2D eigenvalue weighted by Gasteiger charge is -2.15. The first kappa shape index (κ1) is 13.8. The zero-order valence-electron chi connectivity index (χ0n) is 10.8. The lowest BCUT2D eigenvalue weighted by atomic mass is 10.2. The molecule has 5 nitrogen and oxygen atoms in total. The fraction of sp³-hybridized carbons (Fsp3) is 0.385. The van der Waals surface area contributed by atoms with Crippen molar-refractivity contribution in [2.75, 3.05) is 14.2 Å². The van der Waals surface area contributed by atoms with Gasteiger partial charge in [0.15, 0.2) is 0 Å². The molecule has 0 spiro atoms. The molecule has 0 atom stereocenters. The van der Waals surface area contributed by atoms with Crippen LogP contribution in [-0.4, -0.2) is 25.9 Å². The van der Waals surface area contributed by atoms with Gasteiger partial charge in [0.1, 0.15) is 17.1 Å². The minimum absolute atomic E-state index is 0.313. The van der Waals surface area contributed by atoms with E-state index in [0.29, 0.717) is 17.1 Å². The van der Waals surface area contributed by atoms with Crippen molar-refractivity contribution in [2.45, 2.75) is 19.6 Å². The molecule has 0 bridgehead atoms. The van der Waals surface area contributed by atoms with Gasteiger partial charge in [0.05, 0.1) is 28.1 Å². The van der Waals surface area contributed by atoms with Gasteiger partial charge >= 0.3 is 11.7 Å². The second-order valence-corrected chi connectivity index (χ2v) is 4.01. The highest BCUT2D eigenvalue weighted by molar-refractivity contribution is 5.92. The van der Waals surface area contributed by atoms with Crippen molar-refractivity contribution in [1.29, 1.82) is 0 Å². The van der Waals surface area contributed by atoms with Gasteiger partial charge in [-0.3, -0.25) is 4.85 Å².